The molecule has 2 aliphatic rings. The summed E-state index contributed by atoms with van der Waals surface area (Å²) in [6, 6.07) is 19.3. The summed E-state index contributed by atoms with van der Waals surface area (Å²) in [5, 5.41) is 13.8. The highest BCUT2D eigenvalue weighted by atomic mass is 16.5. The predicted octanol–water partition coefficient (Wildman–Crippen LogP) is 3.64. The minimum Gasteiger partial charge on any atom is -0.489 e. The minimum atomic E-state index is -0.225. The topological polar surface area (TPSA) is 89.3 Å². The number of carbonyl (C=O) groups excluding carboxylic acids is 1. The van der Waals surface area contributed by atoms with Crippen molar-refractivity contribution in [1.29, 1.82) is 0 Å². The maximum Gasteiger partial charge on any atom is 0.322 e. The molecule has 5 rings (SSSR count). The van der Waals surface area contributed by atoms with Crippen LogP contribution in [0.4, 0.5) is 6.01 Å². The number of hydrogen-bond acceptors (Lipinski definition) is 6. The molecule has 154 valence electrons. The Morgan fingerprint density at radius 3 is 2.70 bits per heavy atom. The Labute approximate surface area is 174 Å². The largest absolute Gasteiger partial charge is 0.489 e. The predicted molar refractivity (Wildman–Crippen MR) is 111 cm³/mol. The number of benzene rings is 2. The van der Waals surface area contributed by atoms with Crippen molar-refractivity contribution in [3.63, 3.8) is 0 Å². The lowest BCUT2D eigenvalue weighted by atomic mass is 10.1. The smallest absolute Gasteiger partial charge is 0.322 e. The summed E-state index contributed by atoms with van der Waals surface area (Å²) in [6.45, 7) is 2.50. The van der Waals surface area contributed by atoms with Crippen LogP contribution in [0.25, 0.3) is 0 Å². The van der Waals surface area contributed by atoms with E-state index in [9.17, 15) is 4.79 Å². The quantitative estimate of drug-likeness (QED) is 0.596. The highest BCUT2D eigenvalue weighted by molar-refractivity contribution is 5.86. The molecule has 3 atom stereocenters. The molecule has 2 aromatic carbocycles. The highest BCUT2D eigenvalue weighted by Crippen LogP contribution is 2.74. The second kappa shape index (κ2) is 7.57. The molecule has 0 radical (unpaired) electrons. The molecule has 2 N–H and O–H groups in total. The van der Waals surface area contributed by atoms with E-state index in [1.807, 2.05) is 18.2 Å². The Balaban J connectivity index is 1.10. The molecule has 7 heteroatoms. The average molecular weight is 404 g/mol. The van der Waals surface area contributed by atoms with Gasteiger partial charge in [0.25, 0.3) is 0 Å². The van der Waals surface area contributed by atoms with E-state index < -0.39 is 0 Å². The molecule has 1 amide bonds. The number of hydrogen-bond donors (Lipinski definition) is 2. The number of amides is 1. The first-order valence-electron chi connectivity index (χ1n) is 10.2. The molecular weight excluding hydrogens is 380 g/mol. The molecule has 1 aromatic heterocycles. The van der Waals surface area contributed by atoms with Crippen molar-refractivity contribution in [2.45, 2.75) is 44.9 Å². The number of nitrogens with zero attached hydrogens (tertiary/aromatic N) is 2. The van der Waals surface area contributed by atoms with Gasteiger partial charge in [0.15, 0.2) is 0 Å². The molecule has 2 aliphatic carbocycles. The third-order valence-corrected chi connectivity index (χ3v) is 6.02. The van der Waals surface area contributed by atoms with Gasteiger partial charge in [-0.1, -0.05) is 47.6 Å². The number of aromatic nitrogens is 2. The Hall–Kier alpha value is -3.19. The fourth-order valence-corrected chi connectivity index (χ4v) is 4.25. The van der Waals surface area contributed by atoms with E-state index in [1.54, 1.807) is 0 Å². The van der Waals surface area contributed by atoms with Crippen LogP contribution >= 0.6 is 0 Å². The molecule has 2 saturated carbocycles. The van der Waals surface area contributed by atoms with E-state index in [2.05, 4.69) is 57.2 Å². The van der Waals surface area contributed by atoms with Crippen LogP contribution < -0.4 is 15.4 Å². The van der Waals surface area contributed by atoms with Crippen LogP contribution in [0.2, 0.25) is 0 Å². The first-order chi connectivity index (χ1) is 14.6. The molecule has 0 aliphatic heterocycles. The first-order valence-corrected chi connectivity index (χ1v) is 10.2. The molecule has 1 heterocycles. The van der Waals surface area contributed by atoms with E-state index >= 15 is 0 Å². The fraction of sp³-hybridized carbons (Fsp3) is 0.348. The van der Waals surface area contributed by atoms with Crippen molar-refractivity contribution in [1.82, 2.24) is 15.5 Å². The molecule has 1 spiro atoms. The second-order valence-electron chi connectivity index (χ2n) is 8.15. The van der Waals surface area contributed by atoms with Crippen molar-refractivity contribution < 1.29 is 13.9 Å². The summed E-state index contributed by atoms with van der Waals surface area (Å²) < 4.78 is 11.3. The van der Waals surface area contributed by atoms with Gasteiger partial charge < -0.3 is 14.5 Å². The number of anilines is 1. The summed E-state index contributed by atoms with van der Waals surface area (Å²) in [4.78, 5) is 11.0. The third-order valence-electron chi connectivity index (χ3n) is 6.02. The second-order valence-corrected chi connectivity index (χ2v) is 8.15. The summed E-state index contributed by atoms with van der Waals surface area (Å²) in [7, 11) is 0. The van der Waals surface area contributed by atoms with Gasteiger partial charge in [-0.25, -0.2) is 0 Å². The Kier molecular flexibility index (Phi) is 4.75. The number of carbonyl (C=O) groups is 1. The third kappa shape index (κ3) is 3.93. The number of ether oxygens (including phenoxy) is 1. The van der Waals surface area contributed by atoms with Crippen LogP contribution in [-0.4, -0.2) is 22.1 Å². The zero-order chi connectivity index (χ0) is 20.6. The van der Waals surface area contributed by atoms with E-state index in [1.165, 1.54) is 24.5 Å². The van der Waals surface area contributed by atoms with Gasteiger partial charge in [-0.2, -0.15) is 0 Å². The number of rotatable bonds is 8. The SMILES string of the molecule is CC(=O)Nc1nnc(CNC2CC23C[C@H]3c2ccc(OCc3ccccc3)cc2)o1. The Bertz CT molecular complexity index is 1030. The lowest BCUT2D eigenvalue weighted by Gasteiger charge is -2.07. The van der Waals surface area contributed by atoms with Crippen molar-refractivity contribution in [3.05, 3.63) is 71.6 Å². The summed E-state index contributed by atoms with van der Waals surface area (Å²) in [5.41, 5.74) is 2.91. The average Bonchev–Trinajstić information content (AvgIpc) is 3.61. The van der Waals surface area contributed by atoms with Gasteiger partial charge in [0.1, 0.15) is 12.4 Å². The number of nitrogens with one attached hydrogen (secondary N) is 2. The standard InChI is InChI=1S/C23H24N4O3/c1-15(28)25-22-27-26-21(30-22)13-24-20-12-23(20)11-19(23)17-7-9-18(10-8-17)29-14-16-5-3-2-4-6-16/h2-10,19-20,24H,11-14H2,1H3,(H,25,27,28)/t19-,20?,23?/m0/s1. The van der Waals surface area contributed by atoms with E-state index in [-0.39, 0.29) is 11.9 Å². The molecule has 7 nitrogen and oxygen atoms in total. The van der Waals surface area contributed by atoms with Gasteiger partial charge in [0, 0.05) is 13.0 Å². The monoisotopic (exact) mass is 404 g/mol. The van der Waals surface area contributed by atoms with Crippen LogP contribution in [0.3, 0.4) is 0 Å². The van der Waals surface area contributed by atoms with Crippen molar-refractivity contribution in [2.24, 2.45) is 5.41 Å². The summed E-state index contributed by atoms with van der Waals surface area (Å²) >= 11 is 0. The van der Waals surface area contributed by atoms with E-state index in [0.29, 0.717) is 36.4 Å². The zero-order valence-electron chi connectivity index (χ0n) is 16.8. The summed E-state index contributed by atoms with van der Waals surface area (Å²) in [5.74, 6) is 1.75. The van der Waals surface area contributed by atoms with Crippen LogP contribution in [0, 0.1) is 5.41 Å². The van der Waals surface area contributed by atoms with E-state index in [4.69, 9.17) is 9.15 Å². The van der Waals surface area contributed by atoms with E-state index in [0.717, 1.165) is 12.2 Å². The Morgan fingerprint density at radius 2 is 1.93 bits per heavy atom. The van der Waals surface area contributed by atoms with Crippen LogP contribution in [0.1, 0.15) is 42.7 Å². The maximum atomic E-state index is 11.0. The van der Waals surface area contributed by atoms with Gasteiger partial charge in [0.05, 0.1) is 6.54 Å². The van der Waals surface area contributed by atoms with Gasteiger partial charge in [-0.15, -0.1) is 5.10 Å². The minimum absolute atomic E-state index is 0.142. The molecule has 0 bridgehead atoms. The maximum absolute atomic E-state index is 11.0. The zero-order valence-corrected chi connectivity index (χ0v) is 16.8. The molecule has 2 unspecified atom stereocenters. The lowest BCUT2D eigenvalue weighted by Crippen LogP contribution is -2.18. The molecule has 3 aromatic rings. The first kappa shape index (κ1) is 18.8. The van der Waals surface area contributed by atoms with Crippen molar-refractivity contribution in [3.8, 4) is 5.75 Å². The lowest BCUT2D eigenvalue weighted by molar-refractivity contribution is -0.114. The van der Waals surface area contributed by atoms with Gasteiger partial charge in [0.2, 0.25) is 11.8 Å². The van der Waals surface area contributed by atoms with Gasteiger partial charge in [-0.3, -0.25) is 10.1 Å². The molecule has 30 heavy (non-hydrogen) atoms. The highest BCUT2D eigenvalue weighted by Gasteiger charge is 2.70. The molecular formula is C23H24N4O3. The molecule has 0 saturated heterocycles. The fourth-order valence-electron chi connectivity index (χ4n) is 4.25. The van der Waals surface area contributed by atoms with Crippen LogP contribution in [-0.2, 0) is 17.9 Å². The van der Waals surface area contributed by atoms with Crippen molar-refractivity contribution in [2.75, 3.05) is 5.32 Å². The molecule has 2 fully saturated rings. The summed E-state index contributed by atoms with van der Waals surface area (Å²) in [6.07, 6.45) is 2.37. The normalized spacial score (nSPS) is 23.9. The van der Waals surface area contributed by atoms with Crippen LogP contribution in [0.15, 0.2) is 59.0 Å². The van der Waals surface area contributed by atoms with Crippen molar-refractivity contribution >= 4 is 11.9 Å². The Morgan fingerprint density at radius 1 is 1.13 bits per heavy atom. The van der Waals surface area contributed by atoms with Crippen LogP contribution in [0.5, 0.6) is 5.75 Å². The van der Waals surface area contributed by atoms with Gasteiger partial charge in [-0.05, 0) is 47.4 Å². The van der Waals surface area contributed by atoms with Gasteiger partial charge >= 0.3 is 6.01 Å².